The first-order valence-electron chi connectivity index (χ1n) is 6.81. The lowest BCUT2D eigenvalue weighted by atomic mass is 9.90. The largest absolute Gasteiger partial charge is 0.481 e. The number of nitrogens with zero attached hydrogens (tertiary/aromatic N) is 2. The van der Waals surface area contributed by atoms with Gasteiger partial charge in [0.25, 0.3) is 0 Å². The van der Waals surface area contributed by atoms with E-state index in [0.717, 1.165) is 6.07 Å². The molecule has 1 heterocycles. The van der Waals surface area contributed by atoms with Gasteiger partial charge in [-0.25, -0.2) is 0 Å². The number of hydrogen-bond acceptors (Lipinski definition) is 3. The van der Waals surface area contributed by atoms with Crippen LogP contribution in [0.15, 0.2) is 18.2 Å². The number of halogens is 3. The van der Waals surface area contributed by atoms with Gasteiger partial charge in [0.2, 0.25) is 0 Å². The molecule has 4 nitrogen and oxygen atoms in total. The molecule has 1 aliphatic heterocycles. The molecule has 0 aliphatic carbocycles. The van der Waals surface area contributed by atoms with Gasteiger partial charge in [0.05, 0.1) is 23.1 Å². The first kappa shape index (κ1) is 16.1. The summed E-state index contributed by atoms with van der Waals surface area (Å²) >= 11 is 0. The van der Waals surface area contributed by atoms with E-state index in [1.54, 1.807) is 11.0 Å². The summed E-state index contributed by atoms with van der Waals surface area (Å²) in [7, 11) is 0. The molecule has 1 aromatic carbocycles. The predicted octanol–water partition coefficient (Wildman–Crippen LogP) is 3.12. The smallest absolute Gasteiger partial charge is 0.417 e. The van der Waals surface area contributed by atoms with Gasteiger partial charge >= 0.3 is 12.1 Å². The molecule has 1 saturated heterocycles. The van der Waals surface area contributed by atoms with Crippen LogP contribution in [0.2, 0.25) is 0 Å². The van der Waals surface area contributed by atoms with E-state index in [0.29, 0.717) is 18.7 Å². The Bertz CT molecular complexity index is 622. The number of nitriles is 1. The number of carboxylic acids is 1. The number of piperidine rings is 1. The summed E-state index contributed by atoms with van der Waals surface area (Å²) in [6.07, 6.45) is -4.04. The van der Waals surface area contributed by atoms with Crippen molar-refractivity contribution in [3.63, 3.8) is 0 Å². The maximum atomic E-state index is 12.8. The zero-order chi connectivity index (χ0) is 16.5. The quantitative estimate of drug-likeness (QED) is 0.911. The van der Waals surface area contributed by atoms with Crippen molar-refractivity contribution in [2.45, 2.75) is 19.5 Å². The van der Waals surface area contributed by atoms with Crippen LogP contribution in [0.4, 0.5) is 18.9 Å². The summed E-state index contributed by atoms with van der Waals surface area (Å²) in [5.74, 6) is -1.36. The summed E-state index contributed by atoms with van der Waals surface area (Å²) < 4.78 is 38.4. The fraction of sp³-hybridized carbons (Fsp3) is 0.467. The highest BCUT2D eigenvalue weighted by Gasteiger charge is 2.35. The van der Waals surface area contributed by atoms with Crippen molar-refractivity contribution < 1.29 is 23.1 Å². The molecular formula is C15H15F3N2O2. The number of carboxylic acid groups (broad SMARTS) is 1. The number of hydrogen-bond donors (Lipinski definition) is 1. The van der Waals surface area contributed by atoms with E-state index in [1.807, 2.05) is 6.92 Å². The summed E-state index contributed by atoms with van der Waals surface area (Å²) in [6, 6.07) is 4.91. The monoisotopic (exact) mass is 312 g/mol. The van der Waals surface area contributed by atoms with Crippen LogP contribution in [0.3, 0.4) is 0 Å². The van der Waals surface area contributed by atoms with E-state index < -0.39 is 29.2 Å². The van der Waals surface area contributed by atoms with Crippen molar-refractivity contribution in [1.29, 1.82) is 5.26 Å². The molecule has 0 bridgehead atoms. The van der Waals surface area contributed by atoms with Crippen LogP contribution >= 0.6 is 0 Å². The summed E-state index contributed by atoms with van der Waals surface area (Å²) in [5, 5.41) is 18.1. The zero-order valence-electron chi connectivity index (χ0n) is 11.9. The van der Waals surface area contributed by atoms with Gasteiger partial charge in [-0.3, -0.25) is 4.79 Å². The first-order chi connectivity index (χ1) is 10.2. The van der Waals surface area contributed by atoms with Crippen molar-refractivity contribution in [1.82, 2.24) is 0 Å². The van der Waals surface area contributed by atoms with Gasteiger partial charge in [0.15, 0.2) is 0 Å². The molecular weight excluding hydrogens is 297 g/mol. The van der Waals surface area contributed by atoms with Gasteiger partial charge < -0.3 is 10.0 Å². The van der Waals surface area contributed by atoms with Gasteiger partial charge in [-0.2, -0.15) is 18.4 Å². The minimum absolute atomic E-state index is 0.114. The second-order valence-electron chi connectivity index (χ2n) is 5.62. The molecule has 2 rings (SSSR count). The van der Waals surface area contributed by atoms with Crippen molar-refractivity contribution in [2.24, 2.45) is 11.8 Å². The highest BCUT2D eigenvalue weighted by molar-refractivity contribution is 5.71. The fourth-order valence-electron chi connectivity index (χ4n) is 2.81. The molecule has 1 fully saturated rings. The van der Waals surface area contributed by atoms with E-state index in [4.69, 9.17) is 10.4 Å². The van der Waals surface area contributed by atoms with Crippen molar-refractivity contribution in [2.75, 3.05) is 18.0 Å². The van der Waals surface area contributed by atoms with Crippen molar-refractivity contribution >= 4 is 11.7 Å². The Labute approximate surface area is 125 Å². The standard InChI is InChI=1S/C15H15F3N2O2/c1-9-4-11(14(21)22)8-20(7-9)12-2-3-13(15(16,17)18)10(5-12)6-19/h2-3,5,9,11H,4,7-8H2,1H3,(H,21,22). The Morgan fingerprint density at radius 3 is 2.64 bits per heavy atom. The average Bonchev–Trinajstić information content (AvgIpc) is 2.44. The summed E-state index contributed by atoms with van der Waals surface area (Å²) in [6.45, 7) is 2.69. The Hall–Kier alpha value is -2.23. The lowest BCUT2D eigenvalue weighted by Crippen LogP contribution is -2.42. The van der Waals surface area contributed by atoms with Gasteiger partial charge in [0, 0.05) is 18.8 Å². The molecule has 0 amide bonds. The number of aliphatic carboxylic acids is 1. The van der Waals surface area contributed by atoms with Crippen LogP contribution < -0.4 is 4.90 Å². The molecule has 2 atom stereocenters. The van der Waals surface area contributed by atoms with Gasteiger partial charge in [-0.05, 0) is 30.5 Å². The first-order valence-corrected chi connectivity index (χ1v) is 6.81. The van der Waals surface area contributed by atoms with Gasteiger partial charge in [-0.15, -0.1) is 0 Å². The Morgan fingerprint density at radius 1 is 1.41 bits per heavy atom. The van der Waals surface area contributed by atoms with E-state index in [9.17, 15) is 18.0 Å². The second kappa shape index (κ2) is 5.87. The van der Waals surface area contributed by atoms with Crippen molar-refractivity contribution in [3.8, 4) is 6.07 Å². The molecule has 7 heteroatoms. The number of benzene rings is 1. The molecule has 22 heavy (non-hydrogen) atoms. The van der Waals surface area contributed by atoms with Gasteiger partial charge in [0.1, 0.15) is 0 Å². The van der Waals surface area contributed by atoms with E-state index >= 15 is 0 Å². The Balaban J connectivity index is 2.33. The van der Waals surface area contributed by atoms with E-state index in [2.05, 4.69) is 0 Å². The van der Waals surface area contributed by atoms with Crippen LogP contribution in [0.25, 0.3) is 0 Å². The summed E-state index contributed by atoms with van der Waals surface area (Å²) in [5.41, 5.74) is -0.976. The lowest BCUT2D eigenvalue weighted by Gasteiger charge is -2.36. The number of rotatable bonds is 2. The third kappa shape index (κ3) is 3.32. The van der Waals surface area contributed by atoms with Crippen LogP contribution in [-0.2, 0) is 11.0 Å². The Morgan fingerprint density at radius 2 is 2.09 bits per heavy atom. The predicted molar refractivity (Wildman–Crippen MR) is 73.3 cm³/mol. The number of anilines is 1. The maximum Gasteiger partial charge on any atom is 0.417 e. The van der Waals surface area contributed by atoms with Gasteiger partial charge in [-0.1, -0.05) is 6.92 Å². The average molecular weight is 312 g/mol. The SMILES string of the molecule is CC1CC(C(=O)O)CN(c2ccc(C(F)(F)F)c(C#N)c2)C1. The highest BCUT2D eigenvalue weighted by Crippen LogP contribution is 2.35. The van der Waals surface area contributed by atoms with Crippen molar-refractivity contribution in [3.05, 3.63) is 29.3 Å². The third-order valence-corrected chi connectivity index (χ3v) is 3.80. The topological polar surface area (TPSA) is 64.3 Å². The van der Waals surface area contributed by atoms with E-state index in [-0.39, 0.29) is 12.5 Å². The molecule has 0 spiro atoms. The molecule has 1 aromatic rings. The van der Waals surface area contributed by atoms with Crippen LogP contribution in [0.1, 0.15) is 24.5 Å². The third-order valence-electron chi connectivity index (χ3n) is 3.80. The second-order valence-corrected chi connectivity index (χ2v) is 5.62. The molecule has 0 saturated carbocycles. The molecule has 1 N–H and O–H groups in total. The molecule has 118 valence electrons. The number of carbonyl (C=O) groups is 1. The minimum Gasteiger partial charge on any atom is -0.481 e. The van der Waals surface area contributed by atoms with Crippen LogP contribution in [0.5, 0.6) is 0 Å². The molecule has 1 aliphatic rings. The fourth-order valence-corrected chi connectivity index (χ4v) is 2.81. The van der Waals surface area contributed by atoms with Crippen LogP contribution in [-0.4, -0.2) is 24.2 Å². The molecule has 0 aromatic heterocycles. The normalized spacial score (nSPS) is 22.2. The lowest BCUT2D eigenvalue weighted by molar-refractivity contribution is -0.142. The molecule has 0 radical (unpaired) electrons. The maximum absolute atomic E-state index is 12.8. The van der Waals surface area contributed by atoms with Crippen LogP contribution in [0, 0.1) is 23.2 Å². The Kier molecular flexibility index (Phi) is 4.31. The summed E-state index contributed by atoms with van der Waals surface area (Å²) in [4.78, 5) is 12.9. The highest BCUT2D eigenvalue weighted by atomic mass is 19.4. The minimum atomic E-state index is -4.58. The van der Waals surface area contributed by atoms with E-state index in [1.165, 1.54) is 12.1 Å². The number of alkyl halides is 3. The molecule has 2 unspecified atom stereocenters. The zero-order valence-corrected chi connectivity index (χ0v) is 11.9.